The van der Waals surface area contributed by atoms with Crippen molar-refractivity contribution in [1.29, 1.82) is 0 Å². The number of piperidine rings is 3. The van der Waals surface area contributed by atoms with Crippen molar-refractivity contribution in [3.05, 3.63) is 18.7 Å². The molecule has 4 rings (SSSR count). The predicted molar refractivity (Wildman–Crippen MR) is 82.0 cm³/mol. The molecule has 1 aromatic rings. The standard InChI is InChI=1S/C16H29N4O/c1-14(12-21)20-10-9-19(13-20)6-2-5-17-16-11-18-7-3-15(16)4-8-18/h9-10,13-17,21H,2-8,11-12H2,1H3/q+1/t14-,16?/m0/s1. The number of imidazole rings is 1. The fourth-order valence-corrected chi connectivity index (χ4v) is 3.64. The largest absolute Gasteiger partial charge is 0.392 e. The molecule has 1 unspecified atom stereocenters. The summed E-state index contributed by atoms with van der Waals surface area (Å²) in [7, 11) is 0. The third-order valence-electron chi connectivity index (χ3n) is 5.14. The van der Waals surface area contributed by atoms with Gasteiger partial charge in [0.2, 0.25) is 6.33 Å². The molecule has 2 bridgehead atoms. The molecule has 21 heavy (non-hydrogen) atoms. The highest BCUT2D eigenvalue weighted by Crippen LogP contribution is 2.27. The third kappa shape index (κ3) is 3.65. The lowest BCUT2D eigenvalue weighted by Gasteiger charge is -2.45. The summed E-state index contributed by atoms with van der Waals surface area (Å²) in [5.74, 6) is 0.911. The second-order valence-electron chi connectivity index (χ2n) is 6.68. The van der Waals surface area contributed by atoms with E-state index in [1.165, 1.54) is 32.5 Å². The van der Waals surface area contributed by atoms with Gasteiger partial charge in [-0.2, -0.15) is 0 Å². The minimum Gasteiger partial charge on any atom is -0.392 e. The molecule has 5 heteroatoms. The molecule has 0 aromatic carbocycles. The van der Waals surface area contributed by atoms with Crippen molar-refractivity contribution in [2.75, 3.05) is 32.8 Å². The summed E-state index contributed by atoms with van der Waals surface area (Å²) in [5.41, 5.74) is 0. The quantitative estimate of drug-likeness (QED) is 0.565. The molecule has 2 atom stereocenters. The molecular weight excluding hydrogens is 264 g/mol. The SMILES string of the molecule is C[C@@H](CO)n1cc[n+](CCCNC2CN3CCC2CC3)c1. The van der Waals surface area contributed by atoms with Gasteiger partial charge in [-0.3, -0.25) is 0 Å². The van der Waals surface area contributed by atoms with Crippen LogP contribution in [0.25, 0.3) is 0 Å². The zero-order valence-electron chi connectivity index (χ0n) is 13.1. The molecule has 3 aliphatic heterocycles. The molecule has 3 aliphatic rings. The Kier molecular flexibility index (Phi) is 4.93. The molecule has 2 N–H and O–H groups in total. The fraction of sp³-hybridized carbons (Fsp3) is 0.812. The Morgan fingerprint density at radius 2 is 2.19 bits per heavy atom. The van der Waals surface area contributed by atoms with Crippen LogP contribution in [-0.4, -0.2) is 53.4 Å². The first-order valence-electron chi connectivity index (χ1n) is 8.39. The van der Waals surface area contributed by atoms with E-state index in [1.54, 1.807) is 0 Å². The highest BCUT2D eigenvalue weighted by atomic mass is 16.3. The first-order valence-corrected chi connectivity index (χ1v) is 8.39. The lowest BCUT2D eigenvalue weighted by atomic mass is 9.84. The molecule has 0 radical (unpaired) electrons. The monoisotopic (exact) mass is 293 g/mol. The molecule has 5 nitrogen and oxygen atoms in total. The van der Waals surface area contributed by atoms with E-state index in [4.69, 9.17) is 5.11 Å². The van der Waals surface area contributed by atoms with E-state index < -0.39 is 0 Å². The van der Waals surface area contributed by atoms with Crippen LogP contribution in [0, 0.1) is 5.92 Å². The van der Waals surface area contributed by atoms with Crippen molar-refractivity contribution in [3.63, 3.8) is 0 Å². The zero-order valence-corrected chi connectivity index (χ0v) is 13.1. The first-order chi connectivity index (χ1) is 10.3. The molecule has 3 fully saturated rings. The summed E-state index contributed by atoms with van der Waals surface area (Å²) >= 11 is 0. The Bertz CT molecular complexity index is 439. The van der Waals surface area contributed by atoms with Gasteiger partial charge in [-0.15, -0.1) is 0 Å². The minimum absolute atomic E-state index is 0.163. The van der Waals surface area contributed by atoms with Crippen LogP contribution >= 0.6 is 0 Å². The number of nitrogens with one attached hydrogen (secondary N) is 1. The van der Waals surface area contributed by atoms with Gasteiger partial charge in [0.25, 0.3) is 0 Å². The Morgan fingerprint density at radius 1 is 1.38 bits per heavy atom. The van der Waals surface area contributed by atoms with Crippen molar-refractivity contribution in [1.82, 2.24) is 14.8 Å². The molecule has 4 heterocycles. The molecule has 0 spiro atoms. The van der Waals surface area contributed by atoms with Gasteiger partial charge in [-0.25, -0.2) is 9.13 Å². The third-order valence-corrected chi connectivity index (χ3v) is 5.14. The minimum atomic E-state index is 0.163. The average molecular weight is 293 g/mol. The van der Waals surface area contributed by atoms with Gasteiger partial charge in [0.15, 0.2) is 0 Å². The number of aliphatic hydroxyl groups is 1. The lowest BCUT2D eigenvalue weighted by Crippen LogP contribution is -2.56. The van der Waals surface area contributed by atoms with Crippen LogP contribution in [0.4, 0.5) is 0 Å². The van der Waals surface area contributed by atoms with Gasteiger partial charge in [-0.1, -0.05) is 0 Å². The van der Waals surface area contributed by atoms with Gasteiger partial charge in [0, 0.05) is 12.6 Å². The summed E-state index contributed by atoms with van der Waals surface area (Å²) in [4.78, 5) is 2.60. The smallest absolute Gasteiger partial charge is 0.244 e. The summed E-state index contributed by atoms with van der Waals surface area (Å²) < 4.78 is 4.28. The lowest BCUT2D eigenvalue weighted by molar-refractivity contribution is -0.696. The van der Waals surface area contributed by atoms with Crippen LogP contribution in [0.15, 0.2) is 18.7 Å². The molecule has 118 valence electrons. The predicted octanol–water partition coefficient (Wildman–Crippen LogP) is 0.403. The van der Waals surface area contributed by atoms with Crippen molar-refractivity contribution >= 4 is 0 Å². The number of aryl methyl sites for hydroxylation is 1. The average Bonchev–Trinajstić information content (AvgIpc) is 3.01. The second-order valence-corrected chi connectivity index (χ2v) is 6.68. The number of hydrogen-bond acceptors (Lipinski definition) is 3. The highest BCUT2D eigenvalue weighted by molar-refractivity contribution is 4.90. The van der Waals surface area contributed by atoms with Gasteiger partial charge in [-0.05, 0) is 51.7 Å². The van der Waals surface area contributed by atoms with Gasteiger partial charge < -0.3 is 15.3 Å². The maximum atomic E-state index is 9.16. The fourth-order valence-electron chi connectivity index (χ4n) is 3.64. The number of rotatable bonds is 7. The molecule has 1 aromatic heterocycles. The molecular formula is C16H29N4O+. The topological polar surface area (TPSA) is 44.3 Å². The highest BCUT2D eigenvalue weighted by Gasteiger charge is 2.33. The number of aliphatic hydroxyl groups excluding tert-OH is 1. The summed E-state index contributed by atoms with van der Waals surface area (Å²) in [6.07, 6.45) is 10.2. The van der Waals surface area contributed by atoms with E-state index in [0.29, 0.717) is 0 Å². The first kappa shape index (κ1) is 15.0. The molecule has 3 saturated heterocycles. The molecule has 0 amide bonds. The van der Waals surface area contributed by atoms with E-state index in [9.17, 15) is 0 Å². The normalized spacial score (nSPS) is 29.7. The van der Waals surface area contributed by atoms with Crippen molar-refractivity contribution in [2.45, 2.75) is 44.8 Å². The maximum Gasteiger partial charge on any atom is 0.244 e. The van der Waals surface area contributed by atoms with E-state index in [0.717, 1.165) is 31.5 Å². The summed E-state index contributed by atoms with van der Waals surface area (Å²) in [6.45, 7) is 8.24. The van der Waals surface area contributed by atoms with Crippen LogP contribution in [-0.2, 0) is 6.54 Å². The van der Waals surface area contributed by atoms with Crippen LogP contribution in [0.2, 0.25) is 0 Å². The van der Waals surface area contributed by atoms with Gasteiger partial charge in [0.1, 0.15) is 18.4 Å². The van der Waals surface area contributed by atoms with Crippen LogP contribution in [0.3, 0.4) is 0 Å². The van der Waals surface area contributed by atoms with E-state index >= 15 is 0 Å². The Balaban J connectivity index is 1.37. The van der Waals surface area contributed by atoms with Crippen LogP contribution in [0.1, 0.15) is 32.2 Å². The second kappa shape index (κ2) is 6.90. The van der Waals surface area contributed by atoms with E-state index in [-0.39, 0.29) is 12.6 Å². The van der Waals surface area contributed by atoms with E-state index in [1.807, 2.05) is 13.1 Å². The zero-order chi connectivity index (χ0) is 14.7. The van der Waals surface area contributed by atoms with E-state index in [2.05, 4.69) is 31.9 Å². The van der Waals surface area contributed by atoms with Gasteiger partial charge in [0.05, 0.1) is 13.2 Å². The molecule has 0 saturated carbocycles. The Labute approximate surface area is 127 Å². The summed E-state index contributed by atoms with van der Waals surface area (Å²) in [5, 5.41) is 12.9. The number of nitrogens with zero attached hydrogens (tertiary/aromatic N) is 3. The van der Waals surface area contributed by atoms with Crippen molar-refractivity contribution in [2.24, 2.45) is 5.92 Å². The van der Waals surface area contributed by atoms with Crippen LogP contribution in [0.5, 0.6) is 0 Å². The number of aromatic nitrogens is 2. The van der Waals surface area contributed by atoms with Crippen LogP contribution < -0.4 is 9.88 Å². The Morgan fingerprint density at radius 3 is 2.86 bits per heavy atom. The van der Waals surface area contributed by atoms with Gasteiger partial charge >= 0.3 is 0 Å². The van der Waals surface area contributed by atoms with Crippen molar-refractivity contribution in [3.8, 4) is 0 Å². The summed E-state index contributed by atoms with van der Waals surface area (Å²) in [6, 6.07) is 0.882. The maximum absolute atomic E-state index is 9.16. The number of hydrogen-bond donors (Lipinski definition) is 2. The molecule has 0 aliphatic carbocycles. The number of fused-ring (bicyclic) bond motifs is 3. The van der Waals surface area contributed by atoms with Crippen molar-refractivity contribution < 1.29 is 9.67 Å². The Hall–Kier alpha value is -0.910.